The number of carbonyl (C=O) groups excluding carboxylic acids is 1. The molecular formula is C21H36O6. The fourth-order valence-corrected chi connectivity index (χ4v) is 3.49. The Morgan fingerprint density at radius 3 is 2.19 bits per heavy atom. The van der Waals surface area contributed by atoms with Crippen LogP contribution in [0.4, 0.5) is 0 Å². The molecule has 27 heavy (non-hydrogen) atoms. The van der Waals surface area contributed by atoms with E-state index in [1.54, 1.807) is 13.8 Å². The lowest BCUT2D eigenvalue weighted by atomic mass is 10.1. The van der Waals surface area contributed by atoms with E-state index in [4.69, 9.17) is 18.9 Å². The predicted molar refractivity (Wildman–Crippen MR) is 102 cm³/mol. The number of rotatable bonds is 13. The lowest BCUT2D eigenvalue weighted by molar-refractivity contribution is -0.163. The fourth-order valence-electron chi connectivity index (χ4n) is 3.49. The number of aliphatic hydroxyl groups is 1. The number of esters is 1. The molecule has 0 saturated carbocycles. The van der Waals surface area contributed by atoms with Gasteiger partial charge in [0, 0.05) is 0 Å². The van der Waals surface area contributed by atoms with E-state index >= 15 is 0 Å². The van der Waals surface area contributed by atoms with Crippen molar-refractivity contribution < 1.29 is 28.8 Å². The van der Waals surface area contributed by atoms with Crippen molar-refractivity contribution in [1.82, 2.24) is 0 Å². The van der Waals surface area contributed by atoms with E-state index < -0.39 is 29.7 Å². The number of cyclic esters (lactones) is 1. The van der Waals surface area contributed by atoms with Crippen LogP contribution in [0.3, 0.4) is 0 Å². The van der Waals surface area contributed by atoms with Crippen LogP contribution >= 0.6 is 0 Å². The largest absolute Gasteiger partial charge is 0.499 e. The molecular weight excluding hydrogens is 348 g/mol. The first-order chi connectivity index (χ1) is 12.9. The van der Waals surface area contributed by atoms with Gasteiger partial charge in [-0.25, -0.2) is 4.79 Å². The van der Waals surface area contributed by atoms with Crippen molar-refractivity contribution in [3.63, 3.8) is 0 Å². The average molecular weight is 385 g/mol. The van der Waals surface area contributed by atoms with Gasteiger partial charge >= 0.3 is 5.97 Å². The van der Waals surface area contributed by atoms with Gasteiger partial charge in [-0.15, -0.1) is 0 Å². The van der Waals surface area contributed by atoms with Crippen molar-refractivity contribution in [2.24, 2.45) is 0 Å². The number of hydrogen-bond donors (Lipinski definition) is 1. The minimum absolute atomic E-state index is 0.183. The maximum absolute atomic E-state index is 11.7. The van der Waals surface area contributed by atoms with Gasteiger partial charge in [0.05, 0.1) is 13.2 Å². The lowest BCUT2D eigenvalue weighted by Crippen LogP contribution is -2.33. The van der Waals surface area contributed by atoms with Gasteiger partial charge in [-0.1, -0.05) is 64.7 Å². The van der Waals surface area contributed by atoms with Crippen LogP contribution in [0.5, 0.6) is 0 Å². The topological polar surface area (TPSA) is 74.2 Å². The van der Waals surface area contributed by atoms with Gasteiger partial charge in [-0.3, -0.25) is 0 Å². The molecule has 0 bridgehead atoms. The predicted octanol–water partition coefficient (Wildman–Crippen LogP) is 4.77. The zero-order valence-electron chi connectivity index (χ0n) is 17.1. The molecule has 2 rings (SSSR count). The summed E-state index contributed by atoms with van der Waals surface area (Å²) in [5.74, 6) is -1.74. The molecule has 6 nitrogen and oxygen atoms in total. The fraction of sp³-hybridized carbons (Fsp3) is 0.857. The molecule has 0 aliphatic carbocycles. The monoisotopic (exact) mass is 384 g/mol. The maximum atomic E-state index is 11.7. The Morgan fingerprint density at radius 1 is 1.04 bits per heavy atom. The van der Waals surface area contributed by atoms with Gasteiger partial charge in [-0.2, -0.15) is 0 Å². The van der Waals surface area contributed by atoms with E-state index in [1.165, 1.54) is 51.4 Å². The number of carbonyl (C=O) groups is 1. The van der Waals surface area contributed by atoms with Crippen LogP contribution in [0.2, 0.25) is 0 Å². The molecule has 0 aromatic carbocycles. The Morgan fingerprint density at radius 2 is 1.63 bits per heavy atom. The van der Waals surface area contributed by atoms with Crippen LogP contribution in [0.1, 0.15) is 85.0 Å². The second-order valence-corrected chi connectivity index (χ2v) is 7.94. The van der Waals surface area contributed by atoms with Crippen LogP contribution in [0, 0.1) is 0 Å². The summed E-state index contributed by atoms with van der Waals surface area (Å²) in [6.45, 7) is 6.60. The molecule has 0 aromatic rings. The number of aliphatic hydroxyl groups excluding tert-OH is 1. The van der Waals surface area contributed by atoms with Crippen LogP contribution < -0.4 is 0 Å². The summed E-state index contributed by atoms with van der Waals surface area (Å²) in [6, 6.07) is 0. The second kappa shape index (κ2) is 10.9. The summed E-state index contributed by atoms with van der Waals surface area (Å²) in [5.41, 5.74) is 0. The Hall–Kier alpha value is -1.27. The molecule has 0 amide bonds. The van der Waals surface area contributed by atoms with Crippen LogP contribution in [0.15, 0.2) is 11.5 Å². The third kappa shape index (κ3) is 7.00. The molecule has 1 N–H and O–H groups in total. The Labute approximate surface area is 163 Å². The molecule has 2 atom stereocenters. The molecule has 156 valence electrons. The zero-order chi connectivity index (χ0) is 19.7. The molecule has 6 heteroatoms. The third-order valence-corrected chi connectivity index (χ3v) is 5.04. The molecule has 0 spiro atoms. The Kier molecular flexibility index (Phi) is 8.90. The first-order valence-corrected chi connectivity index (χ1v) is 10.5. The summed E-state index contributed by atoms with van der Waals surface area (Å²) < 4.78 is 22.2. The normalized spacial score (nSPS) is 24.5. The lowest BCUT2D eigenvalue weighted by Gasteiger charge is -2.21. The number of unbranched alkanes of at least 4 members (excludes halogenated alkanes) is 9. The minimum Gasteiger partial charge on any atom is -0.499 e. The van der Waals surface area contributed by atoms with Gasteiger partial charge in [0.15, 0.2) is 17.7 Å². The molecule has 1 saturated heterocycles. The van der Waals surface area contributed by atoms with Crippen LogP contribution in [0.25, 0.3) is 0 Å². The summed E-state index contributed by atoms with van der Waals surface area (Å²) in [4.78, 5) is 11.7. The van der Waals surface area contributed by atoms with E-state index in [0.29, 0.717) is 13.2 Å². The molecule has 2 aliphatic heterocycles. The molecule has 1 fully saturated rings. The summed E-state index contributed by atoms with van der Waals surface area (Å²) in [7, 11) is 0. The van der Waals surface area contributed by atoms with Gasteiger partial charge in [0.1, 0.15) is 6.10 Å². The van der Waals surface area contributed by atoms with E-state index in [-0.39, 0.29) is 5.76 Å². The Bertz CT molecular complexity index is 499. The van der Waals surface area contributed by atoms with Crippen molar-refractivity contribution in [1.29, 1.82) is 0 Å². The van der Waals surface area contributed by atoms with Crippen molar-refractivity contribution >= 4 is 5.97 Å². The molecule has 0 radical (unpaired) electrons. The number of hydrogen-bond acceptors (Lipinski definition) is 6. The highest BCUT2D eigenvalue weighted by Gasteiger charge is 2.47. The summed E-state index contributed by atoms with van der Waals surface area (Å²) in [5, 5.41) is 9.96. The summed E-state index contributed by atoms with van der Waals surface area (Å²) in [6.07, 6.45) is 11.2. The highest BCUT2D eigenvalue weighted by atomic mass is 16.8. The van der Waals surface area contributed by atoms with Crippen molar-refractivity contribution in [2.75, 3.05) is 13.2 Å². The maximum Gasteiger partial charge on any atom is 0.378 e. The van der Waals surface area contributed by atoms with Crippen molar-refractivity contribution in [3.05, 3.63) is 11.5 Å². The van der Waals surface area contributed by atoms with Gasteiger partial charge in [0.25, 0.3) is 0 Å². The second-order valence-electron chi connectivity index (χ2n) is 7.94. The minimum atomic E-state index is -0.758. The highest BCUT2D eigenvalue weighted by molar-refractivity contribution is 5.89. The van der Waals surface area contributed by atoms with Gasteiger partial charge in [-0.05, 0) is 20.3 Å². The zero-order valence-corrected chi connectivity index (χ0v) is 17.1. The first-order valence-electron chi connectivity index (χ1n) is 10.5. The van der Waals surface area contributed by atoms with E-state index in [0.717, 1.165) is 12.8 Å². The van der Waals surface area contributed by atoms with Gasteiger partial charge in [0.2, 0.25) is 5.76 Å². The van der Waals surface area contributed by atoms with E-state index in [9.17, 15) is 9.90 Å². The quantitative estimate of drug-likeness (QED) is 0.364. The van der Waals surface area contributed by atoms with E-state index in [1.807, 2.05) is 0 Å². The van der Waals surface area contributed by atoms with Crippen LogP contribution in [-0.2, 0) is 23.7 Å². The number of ether oxygens (including phenoxy) is 4. The van der Waals surface area contributed by atoms with E-state index in [2.05, 4.69) is 6.92 Å². The first kappa shape index (κ1) is 22.0. The highest BCUT2D eigenvalue weighted by Crippen LogP contribution is 2.33. The Balaban J connectivity index is 1.61. The molecule has 0 aromatic heterocycles. The van der Waals surface area contributed by atoms with Gasteiger partial charge < -0.3 is 24.1 Å². The SMILES string of the molecule is CCCCCCCCCCCCOC1=C(O)C(=O)O[C@@H]1[C@@H]1COC(C)(C)O1. The standard InChI is InChI=1S/C21H36O6/c1-4-5-6-7-8-9-10-11-12-13-14-24-19-17(22)20(23)26-18(19)16-15-25-21(2,3)27-16/h16,18,22H,4-15H2,1-3H3/t16-,18+/m0/s1. The van der Waals surface area contributed by atoms with Crippen LogP contribution in [-0.4, -0.2) is 42.3 Å². The third-order valence-electron chi connectivity index (χ3n) is 5.04. The molecule has 2 aliphatic rings. The average Bonchev–Trinajstić information content (AvgIpc) is 3.13. The van der Waals surface area contributed by atoms with Crippen molar-refractivity contribution in [3.8, 4) is 0 Å². The molecule has 2 heterocycles. The molecule has 0 unspecified atom stereocenters. The summed E-state index contributed by atoms with van der Waals surface area (Å²) >= 11 is 0. The smallest absolute Gasteiger partial charge is 0.378 e. The van der Waals surface area contributed by atoms with Crippen molar-refractivity contribution in [2.45, 2.75) is 103 Å².